The zero-order chi connectivity index (χ0) is 14.8. The van der Waals surface area contributed by atoms with Crippen LogP contribution in [-0.4, -0.2) is 24.0 Å². The van der Waals surface area contributed by atoms with Crippen molar-refractivity contribution in [1.29, 1.82) is 0 Å². The maximum absolute atomic E-state index is 11.6. The van der Waals surface area contributed by atoms with Crippen molar-refractivity contribution in [2.75, 3.05) is 24.1 Å². The third-order valence-electron chi connectivity index (χ3n) is 3.76. The molecule has 1 aromatic carbocycles. The summed E-state index contributed by atoms with van der Waals surface area (Å²) in [5, 5.41) is 8.32. The average molecular weight is 284 g/mol. The molecule has 0 aliphatic heterocycles. The zero-order valence-corrected chi connectivity index (χ0v) is 12.1. The number of carbonyl (C=O) groups excluding carboxylic acids is 1. The number of carbonyl (C=O) groups is 1. The summed E-state index contributed by atoms with van der Waals surface area (Å²) < 4.78 is 0. The van der Waals surface area contributed by atoms with Gasteiger partial charge in [0.05, 0.1) is 0 Å². The number of aromatic nitrogens is 1. The summed E-state index contributed by atoms with van der Waals surface area (Å²) >= 11 is 0. The molecular formula is C16H20N4O. The van der Waals surface area contributed by atoms with E-state index in [0.29, 0.717) is 13.1 Å². The van der Waals surface area contributed by atoms with Gasteiger partial charge in [0.2, 0.25) is 5.91 Å². The number of amides is 1. The summed E-state index contributed by atoms with van der Waals surface area (Å²) in [5.74, 6) is 0.440. The second kappa shape index (κ2) is 5.60. The summed E-state index contributed by atoms with van der Waals surface area (Å²) in [6, 6.07) is 5.88. The lowest BCUT2D eigenvalue weighted by Gasteiger charge is -2.12. The van der Waals surface area contributed by atoms with E-state index in [9.17, 15) is 4.79 Å². The van der Waals surface area contributed by atoms with E-state index in [1.165, 1.54) is 0 Å². The number of nitrogen functional groups attached to an aromatic ring is 1. The highest BCUT2D eigenvalue weighted by Crippen LogP contribution is 2.29. The van der Waals surface area contributed by atoms with E-state index >= 15 is 0 Å². The zero-order valence-electron chi connectivity index (χ0n) is 12.1. The predicted molar refractivity (Wildman–Crippen MR) is 85.1 cm³/mol. The van der Waals surface area contributed by atoms with Crippen molar-refractivity contribution >= 4 is 28.1 Å². The second-order valence-corrected chi connectivity index (χ2v) is 5.57. The summed E-state index contributed by atoms with van der Waals surface area (Å²) in [5.41, 5.74) is 8.69. The van der Waals surface area contributed by atoms with Gasteiger partial charge in [-0.15, -0.1) is 0 Å². The molecule has 5 heteroatoms. The lowest BCUT2D eigenvalue weighted by molar-refractivity contribution is -0.122. The fraction of sp³-hybridized carbons (Fsp3) is 0.375. The highest BCUT2D eigenvalue weighted by atomic mass is 16.2. The Morgan fingerprint density at radius 3 is 2.90 bits per heavy atom. The molecular weight excluding hydrogens is 264 g/mol. The van der Waals surface area contributed by atoms with E-state index in [1.54, 1.807) is 6.20 Å². The molecule has 0 atom stereocenters. The molecule has 0 spiro atoms. The van der Waals surface area contributed by atoms with Crippen LogP contribution in [0.2, 0.25) is 0 Å². The minimum atomic E-state index is 0.180. The molecule has 110 valence electrons. The van der Waals surface area contributed by atoms with E-state index in [4.69, 9.17) is 5.73 Å². The third kappa shape index (κ3) is 3.07. The van der Waals surface area contributed by atoms with Crippen LogP contribution in [0, 0.1) is 12.8 Å². The largest absolute Gasteiger partial charge is 0.398 e. The van der Waals surface area contributed by atoms with Crippen LogP contribution in [0.3, 0.4) is 0 Å². The fourth-order valence-corrected chi connectivity index (χ4v) is 2.39. The van der Waals surface area contributed by atoms with Crippen LogP contribution >= 0.6 is 0 Å². The van der Waals surface area contributed by atoms with Gasteiger partial charge in [-0.05, 0) is 38.0 Å². The van der Waals surface area contributed by atoms with Crippen LogP contribution in [0.25, 0.3) is 10.8 Å². The lowest BCUT2D eigenvalue weighted by Crippen LogP contribution is -2.29. The topological polar surface area (TPSA) is 80.0 Å². The monoisotopic (exact) mass is 284 g/mol. The summed E-state index contributed by atoms with van der Waals surface area (Å²) in [7, 11) is 0. The van der Waals surface area contributed by atoms with Crippen LogP contribution in [-0.2, 0) is 4.79 Å². The normalized spacial score (nSPS) is 14.1. The highest BCUT2D eigenvalue weighted by Gasteiger charge is 2.28. The summed E-state index contributed by atoms with van der Waals surface area (Å²) in [4.78, 5) is 15.8. The van der Waals surface area contributed by atoms with Gasteiger partial charge in [-0.1, -0.05) is 0 Å². The van der Waals surface area contributed by atoms with Gasteiger partial charge in [0.15, 0.2) is 0 Å². The Kier molecular flexibility index (Phi) is 3.64. The van der Waals surface area contributed by atoms with Crippen molar-refractivity contribution in [2.24, 2.45) is 5.92 Å². The Bertz CT molecular complexity index is 679. The maximum atomic E-state index is 11.6. The average Bonchev–Trinajstić information content (AvgIpc) is 3.30. The van der Waals surface area contributed by atoms with E-state index in [2.05, 4.69) is 15.6 Å². The molecule has 0 radical (unpaired) electrons. The van der Waals surface area contributed by atoms with Crippen LogP contribution in [0.15, 0.2) is 24.4 Å². The van der Waals surface area contributed by atoms with Gasteiger partial charge in [0.1, 0.15) is 0 Å². The molecule has 1 fully saturated rings. The van der Waals surface area contributed by atoms with Crippen molar-refractivity contribution in [1.82, 2.24) is 10.3 Å². The van der Waals surface area contributed by atoms with E-state index in [0.717, 1.165) is 40.7 Å². The van der Waals surface area contributed by atoms with Crippen LogP contribution in [0.5, 0.6) is 0 Å². The molecule has 0 saturated heterocycles. The van der Waals surface area contributed by atoms with E-state index in [-0.39, 0.29) is 11.8 Å². The van der Waals surface area contributed by atoms with E-state index in [1.807, 2.05) is 25.1 Å². The molecule has 4 N–H and O–H groups in total. The Morgan fingerprint density at radius 1 is 1.33 bits per heavy atom. The van der Waals surface area contributed by atoms with Gasteiger partial charge in [0, 0.05) is 53.0 Å². The molecule has 3 rings (SSSR count). The number of aryl methyl sites for hydroxylation is 1. The highest BCUT2D eigenvalue weighted by molar-refractivity contribution is 6.00. The number of fused-ring (bicyclic) bond motifs is 1. The molecule has 1 heterocycles. The van der Waals surface area contributed by atoms with Gasteiger partial charge < -0.3 is 16.4 Å². The fourth-order valence-electron chi connectivity index (χ4n) is 2.39. The van der Waals surface area contributed by atoms with Gasteiger partial charge in [0.25, 0.3) is 0 Å². The molecule has 0 bridgehead atoms. The minimum absolute atomic E-state index is 0.180. The molecule has 1 saturated carbocycles. The molecule has 0 unspecified atom stereocenters. The van der Waals surface area contributed by atoms with Crippen LogP contribution < -0.4 is 16.4 Å². The Hall–Kier alpha value is -2.30. The molecule has 1 aromatic heterocycles. The van der Waals surface area contributed by atoms with Gasteiger partial charge in [-0.2, -0.15) is 0 Å². The van der Waals surface area contributed by atoms with Gasteiger partial charge in [-0.3, -0.25) is 9.78 Å². The van der Waals surface area contributed by atoms with Crippen molar-refractivity contribution in [3.63, 3.8) is 0 Å². The first-order valence-electron chi connectivity index (χ1n) is 7.31. The number of benzene rings is 1. The standard InChI is InChI=1S/C16H20N4O/c1-10-8-12-13(9-20-10)14(17)4-5-15(12)18-6-7-19-16(21)11-2-3-11/h4-5,8-9,11,18H,2-3,6-7,17H2,1H3,(H,19,21). The summed E-state index contributed by atoms with van der Waals surface area (Å²) in [6.45, 7) is 3.28. The Morgan fingerprint density at radius 2 is 2.14 bits per heavy atom. The minimum Gasteiger partial charge on any atom is -0.398 e. The number of rotatable bonds is 5. The molecule has 2 aromatic rings. The maximum Gasteiger partial charge on any atom is 0.223 e. The predicted octanol–water partition coefficient (Wildman–Crippen LogP) is 2.06. The number of pyridine rings is 1. The van der Waals surface area contributed by atoms with Gasteiger partial charge >= 0.3 is 0 Å². The first-order chi connectivity index (χ1) is 10.1. The van der Waals surface area contributed by atoms with Crippen LogP contribution in [0.1, 0.15) is 18.5 Å². The SMILES string of the molecule is Cc1cc2c(NCCNC(=O)C3CC3)ccc(N)c2cn1. The number of hydrogen-bond donors (Lipinski definition) is 3. The third-order valence-corrected chi connectivity index (χ3v) is 3.76. The van der Waals surface area contributed by atoms with Crippen LogP contribution in [0.4, 0.5) is 11.4 Å². The lowest BCUT2D eigenvalue weighted by atomic mass is 10.1. The molecule has 1 amide bonds. The Labute approximate surface area is 123 Å². The van der Waals surface area contributed by atoms with Crippen molar-refractivity contribution in [2.45, 2.75) is 19.8 Å². The number of nitrogens with zero attached hydrogens (tertiary/aromatic N) is 1. The molecule has 1 aliphatic rings. The van der Waals surface area contributed by atoms with Gasteiger partial charge in [-0.25, -0.2) is 0 Å². The molecule has 21 heavy (non-hydrogen) atoms. The second-order valence-electron chi connectivity index (χ2n) is 5.57. The van der Waals surface area contributed by atoms with Crippen molar-refractivity contribution < 1.29 is 4.79 Å². The Balaban J connectivity index is 1.67. The van der Waals surface area contributed by atoms with E-state index < -0.39 is 0 Å². The summed E-state index contributed by atoms with van der Waals surface area (Å²) in [6.07, 6.45) is 3.88. The number of anilines is 2. The quantitative estimate of drug-likeness (QED) is 0.580. The number of nitrogens with one attached hydrogen (secondary N) is 2. The molecule has 1 aliphatic carbocycles. The first kappa shape index (κ1) is 13.7. The molecule has 5 nitrogen and oxygen atoms in total. The number of hydrogen-bond acceptors (Lipinski definition) is 4. The smallest absolute Gasteiger partial charge is 0.223 e. The van der Waals surface area contributed by atoms with Crippen molar-refractivity contribution in [3.05, 3.63) is 30.1 Å². The first-order valence-corrected chi connectivity index (χ1v) is 7.31. The van der Waals surface area contributed by atoms with Crippen molar-refractivity contribution in [3.8, 4) is 0 Å². The number of nitrogens with two attached hydrogens (primary N) is 1.